The van der Waals surface area contributed by atoms with E-state index < -0.39 is 0 Å². The first-order chi connectivity index (χ1) is 10.5. The van der Waals surface area contributed by atoms with Gasteiger partial charge in [-0.1, -0.05) is 0 Å². The van der Waals surface area contributed by atoms with E-state index in [1.54, 1.807) is 36.2 Å². The van der Waals surface area contributed by atoms with E-state index in [4.69, 9.17) is 21.8 Å². The fourth-order valence-corrected chi connectivity index (χ4v) is 2.18. The lowest BCUT2D eigenvalue weighted by Gasteiger charge is -2.14. The maximum Gasteiger partial charge on any atom is 0.253 e. The molecule has 114 valence electrons. The summed E-state index contributed by atoms with van der Waals surface area (Å²) in [6.45, 7) is 2.50. The third-order valence-corrected chi connectivity index (χ3v) is 3.53. The van der Waals surface area contributed by atoms with Crippen LogP contribution in [0.4, 0.5) is 5.82 Å². The normalized spacial score (nSPS) is 11.0. The molecule has 0 bridgehead atoms. The van der Waals surface area contributed by atoms with Gasteiger partial charge in [-0.15, -0.1) is 5.10 Å². The molecule has 0 fully saturated rings. The quantitative estimate of drug-likeness (QED) is 0.800. The van der Waals surface area contributed by atoms with Crippen molar-refractivity contribution < 1.29 is 9.21 Å². The van der Waals surface area contributed by atoms with Crippen molar-refractivity contribution in [3.05, 3.63) is 35.0 Å². The Morgan fingerprint density at radius 3 is 2.86 bits per heavy atom. The molecule has 7 nitrogen and oxygen atoms in total. The molecular weight excluding hydrogens is 306 g/mol. The molecule has 0 aliphatic carbocycles. The summed E-state index contributed by atoms with van der Waals surface area (Å²) in [5, 5.41) is 4.52. The highest BCUT2D eigenvalue weighted by Crippen LogP contribution is 2.23. The Kier molecular flexibility index (Phi) is 3.50. The van der Waals surface area contributed by atoms with E-state index in [1.807, 2.05) is 6.92 Å². The van der Waals surface area contributed by atoms with Crippen molar-refractivity contribution in [2.75, 3.05) is 19.3 Å². The van der Waals surface area contributed by atoms with E-state index in [0.29, 0.717) is 35.2 Å². The number of hydrogen-bond acceptors (Lipinski definition) is 5. The van der Waals surface area contributed by atoms with Crippen molar-refractivity contribution in [2.45, 2.75) is 6.92 Å². The number of nitrogen functional groups attached to an aromatic ring is 1. The summed E-state index contributed by atoms with van der Waals surface area (Å²) < 4.78 is 6.74. The van der Waals surface area contributed by atoms with Crippen molar-refractivity contribution >= 4 is 29.0 Å². The molecule has 0 radical (unpaired) electrons. The van der Waals surface area contributed by atoms with Crippen molar-refractivity contribution in [3.8, 4) is 11.6 Å². The molecule has 3 aromatic heterocycles. The Hall–Kier alpha value is -2.54. The van der Waals surface area contributed by atoms with Crippen LogP contribution in [0.1, 0.15) is 17.3 Å². The smallest absolute Gasteiger partial charge is 0.253 e. The van der Waals surface area contributed by atoms with Crippen molar-refractivity contribution in [2.24, 2.45) is 0 Å². The number of nitrogens with zero attached hydrogens (tertiary/aromatic N) is 4. The van der Waals surface area contributed by atoms with Gasteiger partial charge in [0.15, 0.2) is 16.6 Å². The largest absolute Gasteiger partial charge is 0.441 e. The predicted octanol–water partition coefficient (Wildman–Crippen LogP) is 2.32. The van der Waals surface area contributed by atoms with Gasteiger partial charge in [-0.05, 0) is 42.8 Å². The fourth-order valence-electron chi connectivity index (χ4n) is 2.04. The molecule has 0 unspecified atom stereocenters. The van der Waals surface area contributed by atoms with E-state index in [1.165, 1.54) is 4.52 Å². The van der Waals surface area contributed by atoms with Gasteiger partial charge in [0.25, 0.3) is 5.91 Å². The highest BCUT2D eigenvalue weighted by atomic mass is 35.5. The third kappa shape index (κ3) is 2.39. The third-order valence-electron chi connectivity index (χ3n) is 3.33. The SMILES string of the molecule is CCN(C)C(=O)c1cc(N)n2nc(-c3ccc(Cl)o3)nc2c1. The van der Waals surface area contributed by atoms with Gasteiger partial charge in [0.1, 0.15) is 5.82 Å². The number of rotatable bonds is 3. The molecule has 0 spiro atoms. The molecule has 3 aromatic rings. The molecule has 1 amide bonds. The van der Waals surface area contributed by atoms with E-state index in [9.17, 15) is 4.79 Å². The number of anilines is 1. The number of furan rings is 1. The Labute approximate surface area is 131 Å². The van der Waals surface area contributed by atoms with Crippen LogP contribution < -0.4 is 5.73 Å². The lowest BCUT2D eigenvalue weighted by Crippen LogP contribution is -2.26. The molecule has 0 saturated carbocycles. The molecule has 2 N–H and O–H groups in total. The number of halogens is 1. The summed E-state index contributed by atoms with van der Waals surface area (Å²) in [7, 11) is 1.73. The predicted molar refractivity (Wildman–Crippen MR) is 82.7 cm³/mol. The summed E-state index contributed by atoms with van der Waals surface area (Å²) >= 11 is 5.75. The summed E-state index contributed by atoms with van der Waals surface area (Å²) in [5.74, 6) is 0.989. The molecule has 0 aromatic carbocycles. The first-order valence-corrected chi connectivity index (χ1v) is 7.05. The minimum Gasteiger partial charge on any atom is -0.441 e. The highest BCUT2D eigenvalue weighted by molar-refractivity contribution is 6.28. The van der Waals surface area contributed by atoms with Gasteiger partial charge in [0, 0.05) is 19.2 Å². The zero-order valence-corrected chi connectivity index (χ0v) is 12.8. The highest BCUT2D eigenvalue weighted by Gasteiger charge is 2.16. The Morgan fingerprint density at radius 2 is 2.23 bits per heavy atom. The number of carbonyl (C=O) groups excluding carboxylic acids is 1. The van der Waals surface area contributed by atoms with Crippen LogP contribution in [0.15, 0.2) is 28.7 Å². The average molecular weight is 320 g/mol. The lowest BCUT2D eigenvalue weighted by atomic mass is 10.2. The molecule has 22 heavy (non-hydrogen) atoms. The summed E-state index contributed by atoms with van der Waals surface area (Å²) in [5.41, 5.74) is 6.90. The van der Waals surface area contributed by atoms with Crippen molar-refractivity contribution in [1.29, 1.82) is 0 Å². The topological polar surface area (TPSA) is 89.7 Å². The number of amides is 1. The van der Waals surface area contributed by atoms with E-state index in [2.05, 4.69) is 10.1 Å². The van der Waals surface area contributed by atoms with Crippen LogP contribution in [0.3, 0.4) is 0 Å². The lowest BCUT2D eigenvalue weighted by molar-refractivity contribution is 0.0802. The zero-order chi connectivity index (χ0) is 15.9. The molecular formula is C14H14ClN5O2. The molecule has 0 atom stereocenters. The molecule has 3 rings (SSSR count). The molecule has 0 aliphatic heterocycles. The monoisotopic (exact) mass is 319 g/mol. The number of fused-ring (bicyclic) bond motifs is 1. The second-order valence-corrected chi connectivity index (χ2v) is 5.17. The van der Waals surface area contributed by atoms with Gasteiger partial charge in [-0.25, -0.2) is 4.98 Å². The Balaban J connectivity index is 2.09. The number of pyridine rings is 1. The van der Waals surface area contributed by atoms with Crippen LogP contribution in [0.25, 0.3) is 17.2 Å². The van der Waals surface area contributed by atoms with E-state index >= 15 is 0 Å². The average Bonchev–Trinajstić information content (AvgIpc) is 3.11. The summed E-state index contributed by atoms with van der Waals surface area (Å²) in [6.07, 6.45) is 0. The van der Waals surface area contributed by atoms with Gasteiger partial charge >= 0.3 is 0 Å². The minimum atomic E-state index is -0.123. The first-order valence-electron chi connectivity index (χ1n) is 6.67. The second kappa shape index (κ2) is 5.34. The number of aromatic nitrogens is 3. The van der Waals surface area contributed by atoms with Crippen LogP contribution in [0.5, 0.6) is 0 Å². The maximum absolute atomic E-state index is 12.2. The summed E-state index contributed by atoms with van der Waals surface area (Å²) in [4.78, 5) is 18.2. The number of hydrogen-bond donors (Lipinski definition) is 1. The molecule has 8 heteroatoms. The first kappa shape index (κ1) is 14.4. The van der Waals surface area contributed by atoms with E-state index in [-0.39, 0.29) is 11.1 Å². The standard InChI is InChI=1S/C14H14ClN5O2/c1-3-19(2)14(21)8-6-11(16)20-12(7-8)17-13(18-20)9-4-5-10(15)22-9/h4-7H,3,16H2,1-2H3. The molecule has 3 heterocycles. The zero-order valence-electron chi connectivity index (χ0n) is 12.1. The Bertz CT molecular complexity index is 854. The van der Waals surface area contributed by atoms with Gasteiger partial charge in [-0.2, -0.15) is 4.52 Å². The van der Waals surface area contributed by atoms with Crippen molar-refractivity contribution in [3.63, 3.8) is 0 Å². The fraction of sp³-hybridized carbons (Fsp3) is 0.214. The minimum absolute atomic E-state index is 0.123. The van der Waals surface area contributed by atoms with Crippen LogP contribution in [-0.4, -0.2) is 39.0 Å². The van der Waals surface area contributed by atoms with E-state index in [0.717, 1.165) is 0 Å². The van der Waals surface area contributed by atoms with Crippen molar-refractivity contribution in [1.82, 2.24) is 19.5 Å². The van der Waals surface area contributed by atoms with Crippen LogP contribution in [0, 0.1) is 0 Å². The number of carbonyl (C=O) groups is 1. The number of nitrogens with two attached hydrogens (primary N) is 1. The second-order valence-electron chi connectivity index (χ2n) is 4.80. The molecule has 0 saturated heterocycles. The van der Waals surface area contributed by atoms with Gasteiger partial charge in [-0.3, -0.25) is 4.79 Å². The van der Waals surface area contributed by atoms with Gasteiger partial charge in [0.2, 0.25) is 5.82 Å². The van der Waals surface area contributed by atoms with Crippen LogP contribution in [0.2, 0.25) is 5.22 Å². The van der Waals surface area contributed by atoms with Crippen LogP contribution in [-0.2, 0) is 0 Å². The maximum atomic E-state index is 12.2. The molecule has 0 aliphatic rings. The van der Waals surface area contributed by atoms with Crippen LogP contribution >= 0.6 is 11.6 Å². The van der Waals surface area contributed by atoms with Gasteiger partial charge < -0.3 is 15.1 Å². The Morgan fingerprint density at radius 1 is 1.45 bits per heavy atom. The van der Waals surface area contributed by atoms with Gasteiger partial charge in [0.05, 0.1) is 0 Å². The summed E-state index contributed by atoms with van der Waals surface area (Å²) in [6, 6.07) is 6.50.